The summed E-state index contributed by atoms with van der Waals surface area (Å²) >= 11 is 6.79. The first-order chi connectivity index (χ1) is 10.6. The molecule has 0 amide bonds. The van der Waals surface area contributed by atoms with Crippen molar-refractivity contribution in [3.8, 4) is 0 Å². The maximum atomic E-state index is 12.6. The van der Waals surface area contributed by atoms with Crippen LogP contribution in [-0.2, 0) is 13.0 Å². The number of hydrogen-bond donors (Lipinski definition) is 2. The standard InChI is InChI=1S/C13H16N6OS2/c1-3-5-14-13(21)18-6-4-9-8(7-18)10(20)19-11(15-9)16-12(17-19)22-2/h3H,1,4-7H2,2H3,(H,14,21)(H,15,16,17). The van der Waals surface area contributed by atoms with E-state index < -0.39 is 0 Å². The van der Waals surface area contributed by atoms with E-state index >= 15 is 0 Å². The molecule has 3 rings (SSSR count). The number of aromatic amines is 1. The average Bonchev–Trinajstić information content (AvgIpc) is 2.96. The molecule has 116 valence electrons. The van der Waals surface area contributed by atoms with Gasteiger partial charge < -0.3 is 10.2 Å². The second-order valence-corrected chi connectivity index (χ2v) is 6.04. The van der Waals surface area contributed by atoms with Gasteiger partial charge in [-0.2, -0.15) is 9.50 Å². The van der Waals surface area contributed by atoms with Crippen LogP contribution in [-0.4, -0.2) is 48.9 Å². The fourth-order valence-electron chi connectivity index (χ4n) is 2.39. The third-order valence-corrected chi connectivity index (χ3v) is 4.47. The van der Waals surface area contributed by atoms with Crippen molar-refractivity contribution in [2.75, 3.05) is 19.3 Å². The first-order valence-electron chi connectivity index (χ1n) is 6.82. The molecule has 9 heteroatoms. The minimum absolute atomic E-state index is 0.107. The summed E-state index contributed by atoms with van der Waals surface area (Å²) in [6, 6.07) is 0. The smallest absolute Gasteiger partial charge is 0.279 e. The van der Waals surface area contributed by atoms with E-state index in [9.17, 15) is 4.79 Å². The topological polar surface area (TPSA) is 78.3 Å². The Hall–Kier alpha value is -1.87. The van der Waals surface area contributed by atoms with E-state index in [1.807, 2.05) is 11.2 Å². The van der Waals surface area contributed by atoms with Crippen LogP contribution in [0.15, 0.2) is 22.6 Å². The Labute approximate surface area is 136 Å². The highest BCUT2D eigenvalue weighted by molar-refractivity contribution is 7.98. The molecule has 0 unspecified atom stereocenters. The van der Waals surface area contributed by atoms with Gasteiger partial charge >= 0.3 is 0 Å². The molecule has 0 radical (unpaired) electrons. The summed E-state index contributed by atoms with van der Waals surface area (Å²) in [5.74, 6) is 0.425. The molecular weight excluding hydrogens is 320 g/mol. The fraction of sp³-hybridized carbons (Fsp3) is 0.385. The molecular formula is C13H16N6OS2. The summed E-state index contributed by atoms with van der Waals surface area (Å²) in [5.41, 5.74) is 1.37. The molecule has 0 aromatic carbocycles. The molecule has 7 nitrogen and oxygen atoms in total. The molecule has 0 bridgehead atoms. The highest BCUT2D eigenvalue weighted by Gasteiger charge is 2.24. The Morgan fingerprint density at radius 3 is 3.14 bits per heavy atom. The van der Waals surface area contributed by atoms with Gasteiger partial charge in [-0.1, -0.05) is 17.8 Å². The van der Waals surface area contributed by atoms with Crippen LogP contribution in [0.5, 0.6) is 0 Å². The Morgan fingerprint density at radius 1 is 1.59 bits per heavy atom. The quantitative estimate of drug-likeness (QED) is 0.482. The lowest BCUT2D eigenvalue weighted by Gasteiger charge is -2.29. The van der Waals surface area contributed by atoms with E-state index in [1.54, 1.807) is 6.08 Å². The lowest BCUT2D eigenvalue weighted by Crippen LogP contribution is -2.45. The summed E-state index contributed by atoms with van der Waals surface area (Å²) in [5, 5.41) is 7.35. The summed E-state index contributed by atoms with van der Waals surface area (Å²) in [4.78, 5) is 23.4. The van der Waals surface area contributed by atoms with E-state index in [2.05, 4.69) is 27.0 Å². The number of hydrogen-bond acceptors (Lipinski definition) is 5. The third-order valence-electron chi connectivity index (χ3n) is 3.50. The number of H-pyrrole nitrogens is 1. The van der Waals surface area contributed by atoms with Gasteiger partial charge in [-0.05, 0) is 18.5 Å². The molecule has 22 heavy (non-hydrogen) atoms. The monoisotopic (exact) mass is 336 g/mol. The molecule has 1 aliphatic heterocycles. The highest BCUT2D eigenvalue weighted by atomic mass is 32.2. The average molecular weight is 336 g/mol. The summed E-state index contributed by atoms with van der Waals surface area (Å²) in [6.07, 6.45) is 4.32. The first kappa shape index (κ1) is 15.0. The van der Waals surface area contributed by atoms with Crippen LogP contribution in [0.25, 0.3) is 5.78 Å². The Kier molecular flexibility index (Phi) is 4.16. The van der Waals surface area contributed by atoms with Gasteiger partial charge in [0.15, 0.2) is 10.3 Å². The van der Waals surface area contributed by atoms with Crippen molar-refractivity contribution in [2.45, 2.75) is 18.1 Å². The van der Waals surface area contributed by atoms with Gasteiger partial charge in [-0.3, -0.25) is 9.89 Å². The number of nitrogens with one attached hydrogen (secondary N) is 2. The van der Waals surface area contributed by atoms with Crippen molar-refractivity contribution in [2.24, 2.45) is 0 Å². The number of rotatable bonds is 3. The molecule has 0 spiro atoms. The second kappa shape index (κ2) is 6.09. The molecule has 0 saturated heterocycles. The molecule has 2 aromatic heterocycles. The van der Waals surface area contributed by atoms with Crippen molar-refractivity contribution < 1.29 is 0 Å². The summed E-state index contributed by atoms with van der Waals surface area (Å²) in [7, 11) is 0. The van der Waals surface area contributed by atoms with Crippen molar-refractivity contribution in [1.82, 2.24) is 29.8 Å². The van der Waals surface area contributed by atoms with Crippen molar-refractivity contribution in [1.29, 1.82) is 0 Å². The van der Waals surface area contributed by atoms with Crippen LogP contribution in [0.4, 0.5) is 0 Å². The largest absolute Gasteiger partial charge is 0.359 e. The fourth-order valence-corrected chi connectivity index (χ4v) is 2.98. The van der Waals surface area contributed by atoms with E-state index in [-0.39, 0.29) is 5.56 Å². The molecule has 1 aliphatic rings. The Morgan fingerprint density at radius 2 is 2.41 bits per heavy atom. The number of thioether (sulfide) groups is 1. The van der Waals surface area contributed by atoms with Crippen molar-refractivity contribution in [3.63, 3.8) is 0 Å². The minimum atomic E-state index is -0.107. The van der Waals surface area contributed by atoms with Crippen molar-refractivity contribution >= 4 is 34.9 Å². The first-order valence-corrected chi connectivity index (χ1v) is 8.45. The maximum absolute atomic E-state index is 12.6. The van der Waals surface area contributed by atoms with Crippen LogP contribution in [0.2, 0.25) is 0 Å². The van der Waals surface area contributed by atoms with Gasteiger partial charge in [0.25, 0.3) is 11.3 Å². The Bertz CT molecular complexity index is 796. The Balaban J connectivity index is 1.95. The van der Waals surface area contributed by atoms with Gasteiger partial charge in [-0.15, -0.1) is 6.58 Å². The SMILES string of the molecule is C=CCNC(=S)N1CCc2nc3nc(SC)[nH]n3c(=O)c2C1. The molecule has 2 aromatic rings. The van der Waals surface area contributed by atoms with Gasteiger partial charge in [0, 0.05) is 19.5 Å². The van der Waals surface area contributed by atoms with Crippen molar-refractivity contribution in [3.05, 3.63) is 34.3 Å². The second-order valence-electron chi connectivity index (χ2n) is 4.86. The molecule has 2 N–H and O–H groups in total. The maximum Gasteiger partial charge on any atom is 0.279 e. The van der Waals surface area contributed by atoms with Gasteiger partial charge in [0.2, 0.25) is 0 Å². The molecule has 0 atom stereocenters. The van der Waals surface area contributed by atoms with E-state index in [0.29, 0.717) is 41.1 Å². The van der Waals surface area contributed by atoms with Crippen LogP contribution >= 0.6 is 24.0 Å². The van der Waals surface area contributed by atoms with Crippen LogP contribution in [0, 0.1) is 0 Å². The lowest BCUT2D eigenvalue weighted by atomic mass is 10.1. The number of thiocarbonyl (C=S) groups is 1. The zero-order chi connectivity index (χ0) is 15.7. The normalized spacial score (nSPS) is 14.0. The number of aromatic nitrogens is 4. The van der Waals surface area contributed by atoms with Crippen LogP contribution in [0.1, 0.15) is 11.3 Å². The molecule has 0 saturated carbocycles. The van der Waals surface area contributed by atoms with Crippen LogP contribution in [0.3, 0.4) is 0 Å². The van der Waals surface area contributed by atoms with Gasteiger partial charge in [0.1, 0.15) is 0 Å². The third kappa shape index (κ3) is 2.61. The predicted octanol–water partition coefficient (Wildman–Crippen LogP) is 0.558. The van der Waals surface area contributed by atoms with E-state index in [4.69, 9.17) is 12.2 Å². The molecule has 0 aliphatic carbocycles. The van der Waals surface area contributed by atoms with Crippen LogP contribution < -0.4 is 10.9 Å². The minimum Gasteiger partial charge on any atom is -0.359 e. The van der Waals surface area contributed by atoms with Gasteiger partial charge in [-0.25, -0.2) is 4.98 Å². The number of nitrogens with zero attached hydrogens (tertiary/aromatic N) is 4. The van der Waals surface area contributed by atoms with E-state index in [0.717, 1.165) is 12.2 Å². The zero-order valence-electron chi connectivity index (χ0n) is 12.1. The van der Waals surface area contributed by atoms with E-state index in [1.165, 1.54) is 16.3 Å². The number of fused-ring (bicyclic) bond motifs is 2. The highest BCUT2D eigenvalue weighted by Crippen LogP contribution is 2.16. The summed E-state index contributed by atoms with van der Waals surface area (Å²) in [6.45, 7) is 5.46. The lowest BCUT2D eigenvalue weighted by molar-refractivity contribution is 0.381. The molecule has 3 heterocycles. The zero-order valence-corrected chi connectivity index (χ0v) is 13.8. The predicted molar refractivity (Wildman–Crippen MR) is 90.3 cm³/mol. The summed E-state index contributed by atoms with van der Waals surface area (Å²) < 4.78 is 1.40. The molecule has 0 fully saturated rings. The van der Waals surface area contributed by atoms with Gasteiger partial charge in [0.05, 0.1) is 17.8 Å².